The average Bonchev–Trinajstić information content (AvgIpc) is 1.14. The molecule has 2 aliphatic heterocycles. The van der Waals surface area contributed by atoms with Crippen LogP contribution in [0.2, 0.25) is 0 Å². The monoisotopic (exact) mass is 1330 g/mol. The lowest BCUT2D eigenvalue weighted by molar-refractivity contribution is 1.17. The number of aromatic nitrogens is 2. The number of para-hydroxylation sites is 4. The quantitative estimate of drug-likeness (QED) is 0.0958. The van der Waals surface area contributed by atoms with E-state index in [4.69, 9.17) is 6.57 Å². The third kappa shape index (κ3) is 9.94. The number of nitrogens with zero attached hydrogens (tertiary/aromatic N) is 6. The zero-order chi connectivity index (χ0) is 69.6. The van der Waals surface area contributed by atoms with E-state index in [1.807, 2.05) is 24.3 Å². The summed E-state index contributed by atoms with van der Waals surface area (Å²) >= 11 is 0. The van der Waals surface area contributed by atoms with Crippen molar-refractivity contribution in [1.29, 1.82) is 5.26 Å². The van der Waals surface area contributed by atoms with Gasteiger partial charge in [-0.15, -0.1) is 0 Å². The minimum absolute atomic E-state index is 0.324. The Kier molecular flexibility index (Phi) is 14.4. The van der Waals surface area contributed by atoms with Crippen LogP contribution in [0.5, 0.6) is 0 Å². The summed E-state index contributed by atoms with van der Waals surface area (Å²) < 4.78 is 4.92. The minimum Gasteiger partial charge on any atom is -0.310 e. The summed E-state index contributed by atoms with van der Waals surface area (Å²) in [6.45, 7) is 7.66. The Morgan fingerprint density at radius 2 is 0.581 bits per heavy atom. The average molecular weight is 1330 g/mol. The third-order valence-electron chi connectivity index (χ3n) is 21.5. The van der Waals surface area contributed by atoms with Crippen molar-refractivity contribution < 1.29 is 0 Å². The normalized spacial score (nSPS) is 12.1. The molecule has 0 spiro atoms. The van der Waals surface area contributed by atoms with E-state index in [0.29, 0.717) is 11.3 Å². The SMILES string of the molecule is [C-]#[N+]c1ccc(-c2cc(-c3ccccc3)c(N3c4cc(-n5c6ccccc6c6ccccc65)ccc4B4c5ccc(-n6c7ccccc7c7ccccc76)cc5N(c5c(-c6ccccc6)cc(-c6ccc(C#N)cc6)cc5-c5ccccc5)c5cc(-c6ccccc6)cc3c54)c(-c3ccccc3)c2)cc1. The van der Waals surface area contributed by atoms with E-state index in [1.54, 1.807) is 0 Å². The van der Waals surface area contributed by atoms with Crippen LogP contribution in [0, 0.1) is 17.9 Å². The van der Waals surface area contributed by atoms with Crippen LogP contribution in [0.1, 0.15) is 5.56 Å². The highest BCUT2D eigenvalue weighted by atomic mass is 15.2. The van der Waals surface area contributed by atoms with Gasteiger partial charge in [-0.3, -0.25) is 0 Å². The van der Waals surface area contributed by atoms with E-state index < -0.39 is 0 Å². The molecular weight excluding hydrogens is 1270 g/mol. The molecule has 105 heavy (non-hydrogen) atoms. The van der Waals surface area contributed by atoms with Crippen LogP contribution < -0.4 is 26.2 Å². The maximum absolute atomic E-state index is 10.1. The third-order valence-corrected chi connectivity index (χ3v) is 21.5. The van der Waals surface area contributed by atoms with Crippen LogP contribution in [0.15, 0.2) is 370 Å². The van der Waals surface area contributed by atoms with Crippen molar-refractivity contribution in [3.63, 3.8) is 0 Å². The Bertz CT molecular complexity index is 5980. The van der Waals surface area contributed by atoms with E-state index in [9.17, 15) is 5.26 Å². The maximum atomic E-state index is 10.1. The second-order valence-corrected chi connectivity index (χ2v) is 27.3. The fourth-order valence-corrected chi connectivity index (χ4v) is 16.8. The first kappa shape index (κ1) is 60.7. The number of nitriles is 1. The van der Waals surface area contributed by atoms with Gasteiger partial charge in [-0.1, -0.05) is 273 Å². The Balaban J connectivity index is 0.974. The first-order chi connectivity index (χ1) is 52.0. The molecule has 16 aromatic carbocycles. The minimum atomic E-state index is -0.324. The van der Waals surface area contributed by atoms with Gasteiger partial charge in [-0.25, -0.2) is 4.85 Å². The highest BCUT2D eigenvalue weighted by molar-refractivity contribution is 7.00. The van der Waals surface area contributed by atoms with Crippen LogP contribution in [0.4, 0.5) is 39.8 Å². The summed E-state index contributed by atoms with van der Waals surface area (Å²) in [5.74, 6) is 0. The molecule has 18 aromatic rings. The molecule has 4 heterocycles. The zero-order valence-corrected chi connectivity index (χ0v) is 57.0. The highest BCUT2D eigenvalue weighted by Crippen LogP contribution is 2.56. The Labute approximate surface area is 609 Å². The lowest BCUT2D eigenvalue weighted by Crippen LogP contribution is -2.61. The molecule has 0 N–H and O–H groups in total. The van der Waals surface area contributed by atoms with Gasteiger partial charge in [-0.2, -0.15) is 5.26 Å². The Morgan fingerprint density at radius 3 is 0.924 bits per heavy atom. The molecule has 0 radical (unpaired) electrons. The first-order valence-corrected chi connectivity index (χ1v) is 35.7. The fourth-order valence-electron chi connectivity index (χ4n) is 16.8. The van der Waals surface area contributed by atoms with Crippen LogP contribution >= 0.6 is 0 Å². The predicted octanol–water partition coefficient (Wildman–Crippen LogP) is 24.1. The molecule has 486 valence electrons. The number of hydrogen-bond donors (Lipinski definition) is 0. The number of benzene rings is 16. The van der Waals surface area contributed by atoms with Crippen molar-refractivity contribution >= 4 is 107 Å². The van der Waals surface area contributed by atoms with Crippen molar-refractivity contribution in [2.75, 3.05) is 9.80 Å². The van der Waals surface area contributed by atoms with Crippen molar-refractivity contribution in [1.82, 2.24) is 9.13 Å². The smallest absolute Gasteiger partial charge is 0.252 e. The highest BCUT2D eigenvalue weighted by Gasteiger charge is 2.46. The standard InChI is InChI=1S/C98H61BN6/c1-101-75-49-47-67(48-50-75)73-57-84(70-31-13-5-14-32-70)98(85(58-73)71-33-15-6-16-34-71)105-93-62-77(103-90-41-23-19-37-80(90)81-38-20-24-42-91(81)103)52-54-87(93)99-86-53-51-76(102-88-39-21-17-35-78(88)79-36-18-22-40-89(79)102)61-92(86)104(94-59-74(60-95(105)96(94)99)65-25-7-2-8-26-65)97-82(68-27-9-3-10-28-68)55-72(66-45-43-64(63-100)44-46-66)56-83(97)69-29-11-4-12-30-69/h2-62H. The van der Waals surface area contributed by atoms with Crippen molar-refractivity contribution in [2.24, 2.45) is 0 Å². The van der Waals surface area contributed by atoms with Crippen LogP contribution in [0.25, 0.3) is 138 Å². The van der Waals surface area contributed by atoms with Gasteiger partial charge in [0.05, 0.1) is 51.6 Å². The second kappa shape index (κ2) is 24.8. The molecule has 0 saturated carbocycles. The number of rotatable bonds is 11. The predicted molar refractivity (Wildman–Crippen MR) is 438 cm³/mol. The maximum Gasteiger partial charge on any atom is 0.252 e. The molecule has 20 rings (SSSR count). The number of fused-ring (bicyclic) bond motifs is 10. The summed E-state index contributed by atoms with van der Waals surface area (Å²) in [5.41, 5.74) is 32.2. The molecule has 0 atom stereocenters. The van der Waals surface area contributed by atoms with E-state index >= 15 is 0 Å². The lowest BCUT2D eigenvalue weighted by atomic mass is 9.33. The first-order valence-electron chi connectivity index (χ1n) is 35.7. The molecule has 0 saturated heterocycles. The van der Waals surface area contributed by atoms with Crippen molar-refractivity contribution in [3.05, 3.63) is 387 Å². The molecule has 0 unspecified atom stereocenters. The van der Waals surface area contributed by atoms with Gasteiger partial charge in [0.1, 0.15) is 0 Å². The van der Waals surface area contributed by atoms with Gasteiger partial charge in [0, 0.05) is 77.9 Å². The lowest BCUT2D eigenvalue weighted by Gasteiger charge is -2.46. The molecular formula is C98H61BN6. The van der Waals surface area contributed by atoms with Gasteiger partial charge < -0.3 is 18.9 Å². The van der Waals surface area contributed by atoms with Gasteiger partial charge >= 0.3 is 0 Å². The number of anilines is 6. The largest absolute Gasteiger partial charge is 0.310 e. The Morgan fingerprint density at radius 1 is 0.276 bits per heavy atom. The summed E-state index contributed by atoms with van der Waals surface area (Å²) in [6, 6.07) is 137. The van der Waals surface area contributed by atoms with Crippen LogP contribution in [-0.4, -0.2) is 15.8 Å². The van der Waals surface area contributed by atoms with Gasteiger partial charge in [0.25, 0.3) is 6.71 Å². The summed E-state index contributed by atoms with van der Waals surface area (Å²) in [4.78, 5) is 9.12. The van der Waals surface area contributed by atoms with Gasteiger partial charge in [0.15, 0.2) is 5.69 Å². The Hall–Kier alpha value is -14.2. The molecule has 2 aromatic heterocycles. The zero-order valence-electron chi connectivity index (χ0n) is 57.0. The van der Waals surface area contributed by atoms with E-state index in [-0.39, 0.29) is 6.71 Å². The van der Waals surface area contributed by atoms with E-state index in [2.05, 4.69) is 376 Å². The molecule has 0 bridgehead atoms. The summed E-state index contributed by atoms with van der Waals surface area (Å²) in [6.07, 6.45) is 0. The molecule has 2 aliphatic rings. The van der Waals surface area contributed by atoms with Crippen LogP contribution in [0.3, 0.4) is 0 Å². The topological polar surface area (TPSA) is 44.5 Å². The summed E-state index contributed by atoms with van der Waals surface area (Å²) in [7, 11) is 0. The fraction of sp³-hybridized carbons (Fsp3) is 0. The van der Waals surface area contributed by atoms with Crippen molar-refractivity contribution in [3.8, 4) is 95.3 Å². The summed E-state index contributed by atoms with van der Waals surface area (Å²) in [5, 5.41) is 14.9. The molecule has 0 amide bonds. The van der Waals surface area contributed by atoms with E-state index in [0.717, 1.165) is 162 Å². The second-order valence-electron chi connectivity index (χ2n) is 27.3. The molecule has 6 nitrogen and oxygen atoms in total. The van der Waals surface area contributed by atoms with Crippen LogP contribution in [-0.2, 0) is 0 Å². The molecule has 0 fully saturated rings. The van der Waals surface area contributed by atoms with Gasteiger partial charge in [-0.05, 0) is 169 Å². The molecule has 0 aliphatic carbocycles. The van der Waals surface area contributed by atoms with Gasteiger partial charge in [0.2, 0.25) is 0 Å². The van der Waals surface area contributed by atoms with E-state index in [1.165, 1.54) is 21.5 Å². The number of hydrogen-bond acceptors (Lipinski definition) is 3. The molecule has 7 heteroatoms. The van der Waals surface area contributed by atoms with Crippen molar-refractivity contribution in [2.45, 2.75) is 0 Å².